The molecule has 0 aromatic rings. The van der Waals surface area contributed by atoms with Crippen LogP contribution < -0.4 is 16.8 Å². The average Bonchev–Trinajstić information content (AvgIpc) is 2.29. The van der Waals surface area contributed by atoms with Crippen LogP contribution in [0.15, 0.2) is 0 Å². The summed E-state index contributed by atoms with van der Waals surface area (Å²) in [4.78, 5) is 24.6. The third-order valence-electron chi connectivity index (χ3n) is 3.33. The van der Waals surface area contributed by atoms with E-state index in [-0.39, 0.29) is 23.8 Å². The van der Waals surface area contributed by atoms with Crippen LogP contribution in [0.25, 0.3) is 0 Å². The van der Waals surface area contributed by atoms with Gasteiger partial charge in [0.2, 0.25) is 11.8 Å². The zero-order chi connectivity index (χ0) is 13.7. The van der Waals surface area contributed by atoms with Gasteiger partial charge in [-0.1, -0.05) is 13.8 Å². The molecule has 1 aliphatic heterocycles. The van der Waals surface area contributed by atoms with Gasteiger partial charge in [-0.2, -0.15) is 0 Å². The van der Waals surface area contributed by atoms with Gasteiger partial charge in [0.05, 0.1) is 12.6 Å². The van der Waals surface area contributed by atoms with Gasteiger partial charge in [-0.3, -0.25) is 14.5 Å². The Hall–Kier alpha value is -1.14. The monoisotopic (exact) mass is 256 g/mol. The zero-order valence-corrected chi connectivity index (χ0v) is 11.2. The van der Waals surface area contributed by atoms with Gasteiger partial charge in [0.25, 0.3) is 0 Å². The quantitative estimate of drug-likeness (QED) is 0.589. The van der Waals surface area contributed by atoms with Gasteiger partial charge in [0, 0.05) is 19.1 Å². The first-order chi connectivity index (χ1) is 8.40. The Morgan fingerprint density at radius 2 is 1.89 bits per heavy atom. The molecule has 2 amide bonds. The number of primary amides is 1. The second-order valence-corrected chi connectivity index (χ2v) is 5.30. The molecule has 0 saturated carbocycles. The molecule has 0 aromatic heterocycles. The Labute approximate surface area is 108 Å². The first-order valence-electron chi connectivity index (χ1n) is 6.46. The van der Waals surface area contributed by atoms with Crippen molar-refractivity contribution in [2.24, 2.45) is 17.4 Å². The van der Waals surface area contributed by atoms with E-state index < -0.39 is 6.04 Å². The number of hydrogen-bond acceptors (Lipinski definition) is 4. The maximum atomic E-state index is 11.8. The van der Waals surface area contributed by atoms with Gasteiger partial charge in [-0.05, 0) is 18.8 Å². The second kappa shape index (κ2) is 6.70. The van der Waals surface area contributed by atoms with E-state index >= 15 is 0 Å². The second-order valence-electron chi connectivity index (χ2n) is 5.30. The molecule has 0 unspecified atom stereocenters. The van der Waals surface area contributed by atoms with Crippen molar-refractivity contribution >= 4 is 11.8 Å². The Morgan fingerprint density at radius 1 is 1.33 bits per heavy atom. The molecule has 0 aromatic carbocycles. The number of carbonyl (C=O) groups is 2. The minimum Gasteiger partial charge on any atom is -0.369 e. The Morgan fingerprint density at radius 3 is 2.33 bits per heavy atom. The van der Waals surface area contributed by atoms with Crippen molar-refractivity contribution in [3.63, 3.8) is 0 Å². The molecule has 0 aliphatic carbocycles. The highest BCUT2D eigenvalue weighted by Gasteiger charge is 2.24. The molecular formula is C12H24N4O2. The number of nitrogens with one attached hydrogen (secondary N) is 1. The molecule has 0 radical (unpaired) electrons. The molecule has 0 spiro atoms. The van der Waals surface area contributed by atoms with Crippen molar-refractivity contribution in [2.75, 3.05) is 19.6 Å². The number of piperidine rings is 1. The molecule has 0 bridgehead atoms. The topological polar surface area (TPSA) is 101 Å². The van der Waals surface area contributed by atoms with Crippen LogP contribution in [0, 0.1) is 5.92 Å². The van der Waals surface area contributed by atoms with E-state index in [0.29, 0.717) is 6.54 Å². The van der Waals surface area contributed by atoms with E-state index in [2.05, 4.69) is 5.32 Å². The van der Waals surface area contributed by atoms with E-state index in [1.165, 1.54) is 0 Å². The smallest absolute Gasteiger partial charge is 0.237 e. The number of carbonyl (C=O) groups excluding carboxylic acids is 2. The van der Waals surface area contributed by atoms with Crippen molar-refractivity contribution in [3.05, 3.63) is 0 Å². The van der Waals surface area contributed by atoms with Crippen molar-refractivity contribution in [2.45, 2.75) is 38.8 Å². The molecule has 1 rings (SSSR count). The molecule has 1 fully saturated rings. The van der Waals surface area contributed by atoms with E-state index in [4.69, 9.17) is 11.5 Å². The molecule has 1 heterocycles. The molecule has 104 valence electrons. The van der Waals surface area contributed by atoms with Crippen LogP contribution in [0.5, 0.6) is 0 Å². The van der Waals surface area contributed by atoms with Gasteiger partial charge in [0.1, 0.15) is 0 Å². The summed E-state index contributed by atoms with van der Waals surface area (Å²) in [5.74, 6) is -0.252. The third kappa shape index (κ3) is 4.62. The van der Waals surface area contributed by atoms with E-state index in [1.54, 1.807) is 0 Å². The van der Waals surface area contributed by atoms with Gasteiger partial charge >= 0.3 is 0 Å². The van der Waals surface area contributed by atoms with Crippen LogP contribution in [0.4, 0.5) is 0 Å². The molecule has 6 nitrogen and oxygen atoms in total. The molecule has 18 heavy (non-hydrogen) atoms. The minimum atomic E-state index is -0.450. The summed E-state index contributed by atoms with van der Waals surface area (Å²) >= 11 is 0. The van der Waals surface area contributed by atoms with Gasteiger partial charge in [-0.25, -0.2) is 0 Å². The molecule has 1 saturated heterocycles. The summed E-state index contributed by atoms with van der Waals surface area (Å²) < 4.78 is 0. The van der Waals surface area contributed by atoms with E-state index in [1.807, 2.05) is 18.7 Å². The largest absolute Gasteiger partial charge is 0.369 e. The number of amides is 2. The van der Waals surface area contributed by atoms with Crippen molar-refractivity contribution in [3.8, 4) is 0 Å². The summed E-state index contributed by atoms with van der Waals surface area (Å²) in [6.45, 7) is 5.72. The first kappa shape index (κ1) is 14.9. The lowest BCUT2D eigenvalue weighted by Gasteiger charge is -2.32. The number of likely N-dealkylation sites (tertiary alicyclic amines) is 1. The lowest BCUT2D eigenvalue weighted by molar-refractivity contribution is -0.124. The summed E-state index contributed by atoms with van der Waals surface area (Å²) in [7, 11) is 0. The summed E-state index contributed by atoms with van der Waals surface area (Å²) in [6.07, 6.45) is 1.67. The van der Waals surface area contributed by atoms with Gasteiger partial charge in [0.15, 0.2) is 0 Å². The predicted molar refractivity (Wildman–Crippen MR) is 69.6 cm³/mol. The fraction of sp³-hybridized carbons (Fsp3) is 0.833. The standard InChI is InChI=1S/C12H24N4O2/c1-8(2)11(14)12(18)15-9-3-5-16(6-4-9)7-10(13)17/h8-9,11H,3-7,14H2,1-2H3,(H2,13,17)(H,15,18)/t11-/m1/s1. The van der Waals surface area contributed by atoms with Crippen molar-refractivity contribution < 1.29 is 9.59 Å². The van der Waals surface area contributed by atoms with Crippen LogP contribution in [0.2, 0.25) is 0 Å². The normalized spacial score (nSPS) is 19.8. The van der Waals surface area contributed by atoms with E-state index in [9.17, 15) is 9.59 Å². The molecule has 6 heteroatoms. The van der Waals surface area contributed by atoms with Crippen LogP contribution in [0.3, 0.4) is 0 Å². The Kier molecular flexibility index (Phi) is 5.55. The molecule has 1 atom stereocenters. The van der Waals surface area contributed by atoms with E-state index in [0.717, 1.165) is 25.9 Å². The molecule has 5 N–H and O–H groups in total. The maximum absolute atomic E-state index is 11.8. The number of hydrogen-bond donors (Lipinski definition) is 3. The van der Waals surface area contributed by atoms with Crippen LogP contribution in [0.1, 0.15) is 26.7 Å². The fourth-order valence-electron chi connectivity index (χ4n) is 2.06. The van der Waals surface area contributed by atoms with Crippen molar-refractivity contribution in [1.29, 1.82) is 0 Å². The summed E-state index contributed by atoms with van der Waals surface area (Å²) in [5.41, 5.74) is 10.9. The minimum absolute atomic E-state index is 0.0849. The zero-order valence-electron chi connectivity index (χ0n) is 11.2. The third-order valence-corrected chi connectivity index (χ3v) is 3.33. The van der Waals surface area contributed by atoms with Crippen molar-refractivity contribution in [1.82, 2.24) is 10.2 Å². The maximum Gasteiger partial charge on any atom is 0.237 e. The Bertz CT molecular complexity index is 298. The average molecular weight is 256 g/mol. The molecular weight excluding hydrogens is 232 g/mol. The lowest BCUT2D eigenvalue weighted by atomic mass is 10.0. The van der Waals surface area contributed by atoms with Crippen LogP contribution in [-0.2, 0) is 9.59 Å². The highest BCUT2D eigenvalue weighted by atomic mass is 16.2. The highest BCUT2D eigenvalue weighted by Crippen LogP contribution is 2.10. The fourth-order valence-corrected chi connectivity index (χ4v) is 2.06. The highest BCUT2D eigenvalue weighted by molar-refractivity contribution is 5.82. The number of rotatable bonds is 5. The number of nitrogens with two attached hydrogens (primary N) is 2. The number of nitrogens with zero attached hydrogens (tertiary/aromatic N) is 1. The SMILES string of the molecule is CC(C)[C@@H](N)C(=O)NC1CCN(CC(N)=O)CC1. The first-order valence-corrected chi connectivity index (χ1v) is 6.46. The predicted octanol–water partition coefficient (Wildman–Crippen LogP) is -0.964. The lowest BCUT2D eigenvalue weighted by Crippen LogP contribution is -2.51. The molecule has 1 aliphatic rings. The van der Waals surface area contributed by atoms with Crippen LogP contribution >= 0.6 is 0 Å². The summed E-state index contributed by atoms with van der Waals surface area (Å²) in [5, 5.41) is 2.97. The summed E-state index contributed by atoms with van der Waals surface area (Å²) in [6, 6.07) is -0.292. The Balaban J connectivity index is 2.31. The van der Waals surface area contributed by atoms with Crippen LogP contribution in [-0.4, -0.2) is 48.4 Å². The van der Waals surface area contributed by atoms with Gasteiger partial charge < -0.3 is 16.8 Å². The van der Waals surface area contributed by atoms with Gasteiger partial charge in [-0.15, -0.1) is 0 Å².